The molecule has 0 radical (unpaired) electrons. The Balaban J connectivity index is 1.94. The molecule has 8 nitrogen and oxygen atoms in total. The summed E-state index contributed by atoms with van der Waals surface area (Å²) in [4.78, 5) is 40.4. The lowest BCUT2D eigenvalue weighted by molar-refractivity contribution is -0.116. The van der Waals surface area contributed by atoms with E-state index in [0.29, 0.717) is 0 Å². The zero-order chi connectivity index (χ0) is 19.2. The molecule has 0 atom stereocenters. The van der Waals surface area contributed by atoms with Crippen LogP contribution in [0.4, 0.5) is 14.5 Å². The van der Waals surface area contributed by atoms with Crippen LogP contribution >= 0.6 is 0 Å². The molecule has 0 aliphatic heterocycles. The number of imidazole rings is 1. The first-order valence-corrected chi connectivity index (χ1v) is 7.57. The van der Waals surface area contributed by atoms with Crippen LogP contribution in [0.1, 0.15) is 5.56 Å². The quantitative estimate of drug-likeness (QED) is 0.740. The van der Waals surface area contributed by atoms with Gasteiger partial charge in [0.15, 0.2) is 11.2 Å². The Morgan fingerprint density at radius 1 is 1.15 bits per heavy atom. The van der Waals surface area contributed by atoms with Crippen LogP contribution in [0.3, 0.4) is 0 Å². The minimum atomic E-state index is -0.780. The van der Waals surface area contributed by atoms with Crippen molar-refractivity contribution in [1.82, 2.24) is 18.7 Å². The molecule has 0 aliphatic carbocycles. The average molecular weight is 363 g/mol. The standard InChI is InChI=1S/C16H15F2N5O3/c1-8-10(17)4-9(5-11(8)18)20-12(24)6-23-7-19-14-13(23)15(25)22(3)16(26)21(14)2/h4-5,7H,6H2,1-3H3,(H,20,24). The van der Waals surface area contributed by atoms with Crippen LogP contribution in [0.25, 0.3) is 11.2 Å². The first kappa shape index (κ1) is 17.5. The Hall–Kier alpha value is -3.30. The molecule has 0 fully saturated rings. The molecule has 0 saturated heterocycles. The zero-order valence-corrected chi connectivity index (χ0v) is 14.2. The van der Waals surface area contributed by atoms with Crippen molar-refractivity contribution in [3.8, 4) is 0 Å². The van der Waals surface area contributed by atoms with E-state index in [4.69, 9.17) is 0 Å². The van der Waals surface area contributed by atoms with Gasteiger partial charge in [-0.2, -0.15) is 0 Å². The lowest BCUT2D eigenvalue weighted by Crippen LogP contribution is -2.37. The molecule has 0 unspecified atom stereocenters. The summed E-state index contributed by atoms with van der Waals surface area (Å²) in [6.45, 7) is 0.967. The molecule has 0 aliphatic rings. The van der Waals surface area contributed by atoms with Crippen molar-refractivity contribution >= 4 is 22.8 Å². The number of carbonyl (C=O) groups excluding carboxylic acids is 1. The highest BCUT2D eigenvalue weighted by atomic mass is 19.1. The van der Waals surface area contributed by atoms with E-state index in [9.17, 15) is 23.2 Å². The molecular formula is C16H15F2N5O3. The molecule has 0 saturated carbocycles. The van der Waals surface area contributed by atoms with Gasteiger partial charge in [0, 0.05) is 25.3 Å². The number of aryl methyl sites for hydroxylation is 1. The highest BCUT2D eigenvalue weighted by Gasteiger charge is 2.16. The first-order chi connectivity index (χ1) is 12.2. The largest absolute Gasteiger partial charge is 0.332 e. The number of rotatable bonds is 3. The van der Waals surface area contributed by atoms with Gasteiger partial charge in [0.2, 0.25) is 5.91 Å². The van der Waals surface area contributed by atoms with Crippen molar-refractivity contribution in [3.63, 3.8) is 0 Å². The Morgan fingerprint density at radius 3 is 2.38 bits per heavy atom. The number of anilines is 1. The van der Waals surface area contributed by atoms with Gasteiger partial charge in [-0.15, -0.1) is 0 Å². The second-order valence-corrected chi connectivity index (χ2v) is 5.86. The lowest BCUT2D eigenvalue weighted by atomic mass is 10.2. The molecule has 1 amide bonds. The van der Waals surface area contributed by atoms with Gasteiger partial charge < -0.3 is 9.88 Å². The maximum absolute atomic E-state index is 13.6. The van der Waals surface area contributed by atoms with Gasteiger partial charge in [-0.1, -0.05) is 0 Å². The first-order valence-electron chi connectivity index (χ1n) is 7.57. The second-order valence-electron chi connectivity index (χ2n) is 5.86. The maximum atomic E-state index is 13.6. The molecule has 136 valence electrons. The number of amides is 1. The molecule has 3 rings (SSSR count). The van der Waals surface area contributed by atoms with Crippen molar-refractivity contribution < 1.29 is 13.6 Å². The Kier molecular flexibility index (Phi) is 4.18. The lowest BCUT2D eigenvalue weighted by Gasteiger charge is -2.09. The van der Waals surface area contributed by atoms with E-state index in [1.807, 2.05) is 0 Å². The van der Waals surface area contributed by atoms with Gasteiger partial charge in [-0.25, -0.2) is 18.6 Å². The SMILES string of the molecule is Cc1c(F)cc(NC(=O)Cn2cnc3c2c(=O)n(C)c(=O)n3C)cc1F. The predicted octanol–water partition coefficient (Wildman–Crippen LogP) is 0.659. The Labute approximate surface area is 145 Å². The van der Waals surface area contributed by atoms with Gasteiger partial charge >= 0.3 is 5.69 Å². The summed E-state index contributed by atoms with van der Waals surface area (Å²) in [5, 5.41) is 2.37. The fraction of sp³-hybridized carbons (Fsp3) is 0.250. The van der Waals surface area contributed by atoms with Gasteiger partial charge in [-0.3, -0.25) is 18.7 Å². The summed E-state index contributed by atoms with van der Waals surface area (Å²) in [5.41, 5.74) is -1.11. The molecule has 0 bridgehead atoms. The molecule has 1 N–H and O–H groups in total. The van der Waals surface area contributed by atoms with Crippen molar-refractivity contribution in [3.05, 3.63) is 56.5 Å². The maximum Gasteiger partial charge on any atom is 0.332 e. The Morgan fingerprint density at radius 2 is 1.77 bits per heavy atom. The molecule has 2 heterocycles. The van der Waals surface area contributed by atoms with Crippen LogP contribution in [-0.2, 0) is 25.4 Å². The van der Waals surface area contributed by atoms with Crippen LogP contribution in [0.2, 0.25) is 0 Å². The van der Waals surface area contributed by atoms with E-state index in [2.05, 4.69) is 10.3 Å². The van der Waals surface area contributed by atoms with Crippen LogP contribution in [0.5, 0.6) is 0 Å². The van der Waals surface area contributed by atoms with Gasteiger partial charge in [0.1, 0.15) is 18.2 Å². The van der Waals surface area contributed by atoms with Crippen molar-refractivity contribution in [1.29, 1.82) is 0 Å². The zero-order valence-electron chi connectivity index (χ0n) is 14.2. The number of fused-ring (bicyclic) bond motifs is 1. The van der Waals surface area contributed by atoms with E-state index >= 15 is 0 Å². The van der Waals surface area contributed by atoms with Gasteiger partial charge in [-0.05, 0) is 19.1 Å². The number of benzene rings is 1. The predicted molar refractivity (Wildman–Crippen MR) is 89.9 cm³/mol. The highest BCUT2D eigenvalue weighted by Crippen LogP contribution is 2.18. The number of aromatic nitrogens is 4. The van der Waals surface area contributed by atoms with Crippen molar-refractivity contribution in [2.24, 2.45) is 14.1 Å². The van der Waals surface area contributed by atoms with E-state index in [0.717, 1.165) is 16.7 Å². The summed E-state index contributed by atoms with van der Waals surface area (Å²) in [6, 6.07) is 2.01. The Bertz CT molecular complexity index is 1140. The number of hydrogen-bond acceptors (Lipinski definition) is 4. The smallest absolute Gasteiger partial charge is 0.324 e. The van der Waals surface area contributed by atoms with Gasteiger partial charge in [0.25, 0.3) is 5.56 Å². The third kappa shape index (κ3) is 2.79. The van der Waals surface area contributed by atoms with E-state index < -0.39 is 28.8 Å². The fourth-order valence-electron chi connectivity index (χ4n) is 2.59. The second kappa shape index (κ2) is 6.21. The average Bonchev–Trinajstić information content (AvgIpc) is 2.99. The molecular weight excluding hydrogens is 348 g/mol. The summed E-state index contributed by atoms with van der Waals surface area (Å²) >= 11 is 0. The number of hydrogen-bond donors (Lipinski definition) is 1. The van der Waals surface area contributed by atoms with E-state index in [1.54, 1.807) is 0 Å². The fourth-order valence-corrected chi connectivity index (χ4v) is 2.59. The minimum Gasteiger partial charge on any atom is -0.324 e. The normalized spacial score (nSPS) is 11.1. The summed E-state index contributed by atoms with van der Waals surface area (Å²) in [7, 11) is 2.78. The third-order valence-corrected chi connectivity index (χ3v) is 4.10. The van der Waals surface area contributed by atoms with Crippen LogP contribution in [-0.4, -0.2) is 24.6 Å². The number of nitrogens with one attached hydrogen (secondary N) is 1. The monoisotopic (exact) mass is 363 g/mol. The molecule has 3 aromatic rings. The van der Waals surface area contributed by atoms with Crippen molar-refractivity contribution in [2.75, 3.05) is 5.32 Å². The molecule has 1 aromatic carbocycles. The van der Waals surface area contributed by atoms with E-state index in [1.165, 1.54) is 36.5 Å². The van der Waals surface area contributed by atoms with Crippen LogP contribution in [0, 0.1) is 18.6 Å². The third-order valence-electron chi connectivity index (χ3n) is 4.10. The van der Waals surface area contributed by atoms with Crippen molar-refractivity contribution in [2.45, 2.75) is 13.5 Å². The van der Waals surface area contributed by atoms with Crippen LogP contribution < -0.4 is 16.6 Å². The highest BCUT2D eigenvalue weighted by molar-refractivity contribution is 5.91. The minimum absolute atomic E-state index is 0.0414. The van der Waals surface area contributed by atoms with E-state index in [-0.39, 0.29) is 29.0 Å². The molecule has 26 heavy (non-hydrogen) atoms. The molecule has 10 heteroatoms. The summed E-state index contributed by atoms with van der Waals surface area (Å²) < 4.78 is 30.5. The summed E-state index contributed by atoms with van der Waals surface area (Å²) in [6.07, 6.45) is 1.25. The summed E-state index contributed by atoms with van der Waals surface area (Å²) in [5.74, 6) is -2.17. The van der Waals surface area contributed by atoms with Crippen LogP contribution in [0.15, 0.2) is 28.0 Å². The van der Waals surface area contributed by atoms with Gasteiger partial charge in [0.05, 0.1) is 6.33 Å². The number of halogens is 2. The molecule has 2 aromatic heterocycles. The number of nitrogens with zero attached hydrogens (tertiary/aromatic N) is 4. The number of carbonyl (C=O) groups is 1. The molecule has 0 spiro atoms. The topological polar surface area (TPSA) is 90.9 Å².